The van der Waals surface area contributed by atoms with Crippen LogP contribution in [0.5, 0.6) is 0 Å². The number of aromatic carboxylic acids is 1. The molecule has 1 aliphatic rings. The Morgan fingerprint density at radius 3 is 2.53 bits per heavy atom. The molecule has 1 aliphatic carbocycles. The zero-order chi connectivity index (χ0) is 20.5. The largest absolute Gasteiger partial charge is 0.478 e. The molecule has 150 valence electrons. The molecule has 2 aromatic carbocycles. The topological polar surface area (TPSA) is 75.1 Å². The predicted octanol–water partition coefficient (Wildman–Crippen LogP) is 5.55. The van der Waals surface area contributed by atoms with Gasteiger partial charge in [-0.15, -0.1) is 11.3 Å². The fourth-order valence-electron chi connectivity index (χ4n) is 3.96. The summed E-state index contributed by atoms with van der Waals surface area (Å²) in [4.78, 5) is 23.3. The Hall–Kier alpha value is -3.25. The molecule has 0 spiro atoms. The van der Waals surface area contributed by atoms with Gasteiger partial charge in [-0.1, -0.05) is 42.5 Å². The molecule has 2 heterocycles. The lowest BCUT2D eigenvalue weighted by atomic mass is 9.97. The van der Waals surface area contributed by atoms with Crippen molar-refractivity contribution < 1.29 is 9.90 Å². The van der Waals surface area contributed by atoms with Crippen molar-refractivity contribution in [2.24, 2.45) is 0 Å². The SMILES string of the molecule is O=C(O)c1ccc(-c2nc(NCc3ccccc3)c3c4c(sc3n2)CCCC4)cc1. The first kappa shape index (κ1) is 18.8. The highest BCUT2D eigenvalue weighted by Crippen LogP contribution is 2.39. The Morgan fingerprint density at radius 1 is 1.00 bits per heavy atom. The highest BCUT2D eigenvalue weighted by molar-refractivity contribution is 7.19. The Bertz CT molecular complexity index is 1220. The van der Waals surface area contributed by atoms with E-state index in [1.807, 2.05) is 18.2 Å². The summed E-state index contributed by atoms with van der Waals surface area (Å²) in [6.45, 7) is 0.689. The van der Waals surface area contributed by atoms with Crippen molar-refractivity contribution in [2.45, 2.75) is 32.2 Å². The Morgan fingerprint density at radius 2 is 1.77 bits per heavy atom. The lowest BCUT2D eigenvalue weighted by molar-refractivity contribution is 0.0697. The van der Waals surface area contributed by atoms with Gasteiger partial charge in [0.25, 0.3) is 0 Å². The van der Waals surface area contributed by atoms with Gasteiger partial charge in [-0.3, -0.25) is 0 Å². The van der Waals surface area contributed by atoms with Crippen molar-refractivity contribution in [2.75, 3.05) is 5.32 Å². The number of aryl methyl sites for hydroxylation is 2. The molecule has 2 N–H and O–H groups in total. The molecule has 0 saturated heterocycles. The van der Waals surface area contributed by atoms with Crippen LogP contribution in [-0.4, -0.2) is 21.0 Å². The summed E-state index contributed by atoms with van der Waals surface area (Å²) in [5, 5.41) is 13.9. The molecule has 0 saturated carbocycles. The van der Waals surface area contributed by atoms with Gasteiger partial charge in [0, 0.05) is 17.0 Å². The van der Waals surface area contributed by atoms with E-state index in [4.69, 9.17) is 15.1 Å². The maximum Gasteiger partial charge on any atom is 0.335 e. The average molecular weight is 416 g/mol. The molecule has 0 unspecified atom stereocenters. The zero-order valence-electron chi connectivity index (χ0n) is 16.4. The first-order valence-electron chi connectivity index (χ1n) is 10.1. The number of anilines is 1. The normalized spacial score (nSPS) is 13.2. The summed E-state index contributed by atoms with van der Waals surface area (Å²) in [6, 6.07) is 17.0. The molecule has 2 aromatic heterocycles. The molecule has 5 rings (SSSR count). The van der Waals surface area contributed by atoms with Crippen LogP contribution in [0.4, 0.5) is 5.82 Å². The van der Waals surface area contributed by atoms with Crippen molar-refractivity contribution >= 4 is 33.3 Å². The molecule has 0 amide bonds. The summed E-state index contributed by atoms with van der Waals surface area (Å²) in [6.07, 6.45) is 4.61. The maximum absolute atomic E-state index is 11.2. The Balaban J connectivity index is 1.59. The van der Waals surface area contributed by atoms with E-state index in [2.05, 4.69) is 17.4 Å². The second-order valence-electron chi connectivity index (χ2n) is 7.51. The number of fused-ring (bicyclic) bond motifs is 3. The van der Waals surface area contributed by atoms with E-state index in [0.717, 1.165) is 34.4 Å². The van der Waals surface area contributed by atoms with Gasteiger partial charge >= 0.3 is 5.97 Å². The van der Waals surface area contributed by atoms with Crippen LogP contribution in [0.2, 0.25) is 0 Å². The van der Waals surface area contributed by atoms with Crippen LogP contribution in [0.1, 0.15) is 39.2 Å². The van der Waals surface area contributed by atoms with Gasteiger partial charge in [-0.25, -0.2) is 14.8 Å². The number of carboxylic acids is 1. The van der Waals surface area contributed by atoms with E-state index in [-0.39, 0.29) is 5.56 Å². The van der Waals surface area contributed by atoms with Crippen LogP contribution in [-0.2, 0) is 19.4 Å². The number of aromatic nitrogens is 2. The number of carbonyl (C=O) groups is 1. The Kier molecular flexibility index (Phi) is 4.93. The van der Waals surface area contributed by atoms with Gasteiger partial charge in [0.1, 0.15) is 10.6 Å². The second kappa shape index (κ2) is 7.88. The van der Waals surface area contributed by atoms with E-state index < -0.39 is 5.97 Å². The van der Waals surface area contributed by atoms with Crippen molar-refractivity contribution in [3.63, 3.8) is 0 Å². The molecule has 0 aliphatic heterocycles. The van der Waals surface area contributed by atoms with Gasteiger partial charge in [0.15, 0.2) is 5.82 Å². The fraction of sp³-hybridized carbons (Fsp3) is 0.208. The molecule has 0 atom stereocenters. The second-order valence-corrected chi connectivity index (χ2v) is 8.59. The van der Waals surface area contributed by atoms with Crippen LogP contribution in [0.25, 0.3) is 21.6 Å². The number of nitrogens with zero attached hydrogens (tertiary/aromatic N) is 2. The molecule has 0 radical (unpaired) electrons. The molecule has 6 heteroatoms. The highest BCUT2D eigenvalue weighted by Gasteiger charge is 2.21. The summed E-state index contributed by atoms with van der Waals surface area (Å²) >= 11 is 1.77. The van der Waals surface area contributed by atoms with E-state index in [0.29, 0.717) is 12.4 Å². The molecular weight excluding hydrogens is 394 g/mol. The monoisotopic (exact) mass is 415 g/mol. The third kappa shape index (κ3) is 3.55. The van der Waals surface area contributed by atoms with Crippen molar-refractivity contribution in [3.05, 3.63) is 76.2 Å². The highest BCUT2D eigenvalue weighted by atomic mass is 32.1. The number of hydrogen-bond acceptors (Lipinski definition) is 5. The maximum atomic E-state index is 11.2. The van der Waals surface area contributed by atoms with E-state index in [1.54, 1.807) is 35.6 Å². The number of thiophene rings is 1. The summed E-state index contributed by atoms with van der Waals surface area (Å²) in [5.74, 6) is 0.545. The standard InChI is InChI=1S/C24H21N3O2S/c28-24(29)17-12-10-16(11-13-17)21-26-22(25-14-15-6-2-1-3-7-15)20-18-8-4-5-9-19(18)30-23(20)27-21/h1-3,6-7,10-13H,4-5,8-9,14H2,(H,28,29)(H,25,26,27). The van der Waals surface area contributed by atoms with Crippen LogP contribution >= 0.6 is 11.3 Å². The minimum atomic E-state index is -0.936. The molecule has 4 aromatic rings. The van der Waals surface area contributed by atoms with Gasteiger partial charge < -0.3 is 10.4 Å². The lowest BCUT2D eigenvalue weighted by Gasteiger charge is -2.13. The molecule has 0 bridgehead atoms. The van der Waals surface area contributed by atoms with E-state index >= 15 is 0 Å². The summed E-state index contributed by atoms with van der Waals surface area (Å²) in [5.41, 5.74) is 3.66. The van der Waals surface area contributed by atoms with Gasteiger partial charge in [0.2, 0.25) is 0 Å². The first-order valence-corrected chi connectivity index (χ1v) is 10.9. The minimum absolute atomic E-state index is 0.258. The number of nitrogens with one attached hydrogen (secondary N) is 1. The van der Waals surface area contributed by atoms with Crippen molar-refractivity contribution in [1.29, 1.82) is 0 Å². The number of carboxylic acid groups (broad SMARTS) is 1. The van der Waals surface area contributed by atoms with E-state index in [1.165, 1.54) is 28.8 Å². The lowest BCUT2D eigenvalue weighted by Crippen LogP contribution is -2.05. The molecule has 5 nitrogen and oxygen atoms in total. The van der Waals surface area contributed by atoms with Crippen LogP contribution < -0.4 is 5.32 Å². The van der Waals surface area contributed by atoms with Crippen molar-refractivity contribution in [3.8, 4) is 11.4 Å². The quantitative estimate of drug-likeness (QED) is 0.447. The average Bonchev–Trinajstić information content (AvgIpc) is 3.17. The van der Waals surface area contributed by atoms with Crippen LogP contribution in [0, 0.1) is 0 Å². The zero-order valence-corrected chi connectivity index (χ0v) is 17.2. The number of hydrogen-bond donors (Lipinski definition) is 2. The van der Waals surface area contributed by atoms with Crippen LogP contribution in [0.3, 0.4) is 0 Å². The summed E-state index contributed by atoms with van der Waals surface area (Å²) < 4.78 is 0. The van der Waals surface area contributed by atoms with Gasteiger partial charge in [-0.05, 0) is 48.9 Å². The minimum Gasteiger partial charge on any atom is -0.478 e. The Labute approximate surface area is 178 Å². The van der Waals surface area contributed by atoms with Crippen LogP contribution in [0.15, 0.2) is 54.6 Å². The van der Waals surface area contributed by atoms with Gasteiger partial charge in [0.05, 0.1) is 10.9 Å². The van der Waals surface area contributed by atoms with Gasteiger partial charge in [-0.2, -0.15) is 0 Å². The fourth-order valence-corrected chi connectivity index (χ4v) is 5.22. The summed E-state index contributed by atoms with van der Waals surface area (Å²) in [7, 11) is 0. The molecule has 30 heavy (non-hydrogen) atoms. The third-order valence-electron chi connectivity index (χ3n) is 5.51. The number of rotatable bonds is 5. The molecule has 0 fully saturated rings. The first-order chi connectivity index (χ1) is 14.7. The van der Waals surface area contributed by atoms with Crippen molar-refractivity contribution in [1.82, 2.24) is 9.97 Å². The third-order valence-corrected chi connectivity index (χ3v) is 6.69. The molecular formula is C24H21N3O2S. The van der Waals surface area contributed by atoms with E-state index in [9.17, 15) is 4.79 Å². The number of benzene rings is 2. The predicted molar refractivity (Wildman–Crippen MR) is 120 cm³/mol. The smallest absolute Gasteiger partial charge is 0.335 e.